The van der Waals surface area contributed by atoms with E-state index < -0.39 is 0 Å². The van der Waals surface area contributed by atoms with Crippen molar-refractivity contribution in [3.8, 4) is 0 Å². The zero-order chi connectivity index (χ0) is 16.8. The van der Waals surface area contributed by atoms with Crippen LogP contribution in [0.1, 0.15) is 70.2 Å². The van der Waals surface area contributed by atoms with Crippen molar-refractivity contribution >= 4 is 11.7 Å². The molecule has 0 fully saturated rings. The van der Waals surface area contributed by atoms with Crippen molar-refractivity contribution in [2.24, 2.45) is 5.92 Å². The highest BCUT2D eigenvalue weighted by molar-refractivity contribution is 5.94. The van der Waals surface area contributed by atoms with Crippen LogP contribution < -0.4 is 5.32 Å². The number of unbranched alkanes of at least 4 members (excludes halogenated alkanes) is 2. The van der Waals surface area contributed by atoms with E-state index in [1.807, 2.05) is 45.9 Å². The summed E-state index contributed by atoms with van der Waals surface area (Å²) in [6.07, 6.45) is 4.42. The summed E-state index contributed by atoms with van der Waals surface area (Å²) in [7, 11) is 0. The van der Waals surface area contributed by atoms with Gasteiger partial charge in [-0.25, -0.2) is 0 Å². The van der Waals surface area contributed by atoms with Gasteiger partial charge in [-0.15, -0.1) is 0 Å². The van der Waals surface area contributed by atoms with Crippen molar-refractivity contribution in [3.63, 3.8) is 0 Å². The third kappa shape index (κ3) is 8.60. The van der Waals surface area contributed by atoms with Gasteiger partial charge in [0.25, 0.3) is 5.91 Å². The van der Waals surface area contributed by atoms with E-state index >= 15 is 0 Å². The van der Waals surface area contributed by atoms with Crippen LogP contribution in [-0.4, -0.2) is 18.2 Å². The molecule has 1 atom stereocenters. The molecular formula is C19H31NO2. The Balaban J connectivity index is 0.00000211. The number of nitrogens with one attached hydrogen (secondary N) is 1. The van der Waals surface area contributed by atoms with Crippen LogP contribution in [0.2, 0.25) is 0 Å². The lowest BCUT2D eigenvalue weighted by atomic mass is 9.99. The maximum absolute atomic E-state index is 11.7. The summed E-state index contributed by atoms with van der Waals surface area (Å²) >= 11 is 0. The third-order valence-corrected chi connectivity index (χ3v) is 3.58. The van der Waals surface area contributed by atoms with Crippen LogP contribution in [0.4, 0.5) is 0 Å². The first-order chi connectivity index (χ1) is 10.6. The molecule has 1 amide bonds. The summed E-state index contributed by atoms with van der Waals surface area (Å²) in [6.45, 7) is 8.70. The van der Waals surface area contributed by atoms with Crippen LogP contribution in [-0.2, 0) is 4.79 Å². The molecule has 0 aliphatic rings. The fourth-order valence-corrected chi connectivity index (χ4v) is 1.97. The predicted molar refractivity (Wildman–Crippen MR) is 93.1 cm³/mol. The number of carbonyl (C=O) groups is 2. The average molecular weight is 305 g/mol. The van der Waals surface area contributed by atoms with Crippen molar-refractivity contribution in [3.05, 3.63) is 35.9 Å². The second kappa shape index (κ2) is 13.1. The standard InChI is InChI=1S/C17H25NO2.C2H6/c1-3-14(2)16(19)12-8-5-9-13-18-17(20)15-10-6-4-7-11-15;1-2/h4,6-7,10-11,14H,3,5,8-9,12-13H2,1-2H3,(H,18,20);1-2H3. The first-order valence-corrected chi connectivity index (χ1v) is 8.51. The Hall–Kier alpha value is -1.64. The molecule has 1 aromatic rings. The number of hydrogen-bond donors (Lipinski definition) is 1. The van der Waals surface area contributed by atoms with E-state index in [0.29, 0.717) is 24.3 Å². The van der Waals surface area contributed by atoms with Crippen LogP contribution in [0.25, 0.3) is 0 Å². The zero-order valence-corrected chi connectivity index (χ0v) is 14.5. The number of Topliss-reactive ketones (excluding diaryl/α,β-unsaturated/α-hetero) is 1. The highest BCUT2D eigenvalue weighted by Gasteiger charge is 2.09. The fourth-order valence-electron chi connectivity index (χ4n) is 1.97. The molecule has 1 unspecified atom stereocenters. The van der Waals surface area contributed by atoms with E-state index in [1.165, 1.54) is 0 Å². The summed E-state index contributed by atoms with van der Waals surface area (Å²) in [5.41, 5.74) is 0.694. The van der Waals surface area contributed by atoms with Crippen molar-refractivity contribution in [1.82, 2.24) is 5.32 Å². The number of hydrogen-bond acceptors (Lipinski definition) is 2. The Labute approximate surface area is 135 Å². The Morgan fingerprint density at radius 2 is 1.68 bits per heavy atom. The van der Waals surface area contributed by atoms with Gasteiger partial charge in [0.15, 0.2) is 0 Å². The second-order valence-electron chi connectivity index (χ2n) is 5.21. The number of amides is 1. The number of benzene rings is 1. The van der Waals surface area contributed by atoms with E-state index in [9.17, 15) is 9.59 Å². The summed E-state index contributed by atoms with van der Waals surface area (Å²) in [5.74, 6) is 0.523. The van der Waals surface area contributed by atoms with E-state index in [4.69, 9.17) is 0 Å². The van der Waals surface area contributed by atoms with Crippen molar-refractivity contribution in [2.75, 3.05) is 6.54 Å². The lowest BCUT2D eigenvalue weighted by molar-refractivity contribution is -0.122. The summed E-state index contributed by atoms with van der Waals surface area (Å²) in [5, 5.41) is 2.90. The molecule has 0 aliphatic carbocycles. The van der Waals surface area contributed by atoms with Gasteiger partial charge >= 0.3 is 0 Å². The lowest BCUT2D eigenvalue weighted by Crippen LogP contribution is -2.24. The fraction of sp³-hybridized carbons (Fsp3) is 0.579. The Bertz CT molecular complexity index is 415. The number of rotatable bonds is 9. The lowest BCUT2D eigenvalue weighted by Gasteiger charge is -2.07. The van der Waals surface area contributed by atoms with Gasteiger partial charge in [0.2, 0.25) is 0 Å². The minimum Gasteiger partial charge on any atom is -0.352 e. The van der Waals surface area contributed by atoms with Crippen LogP contribution in [0.15, 0.2) is 30.3 Å². The van der Waals surface area contributed by atoms with E-state index in [2.05, 4.69) is 5.32 Å². The van der Waals surface area contributed by atoms with E-state index in [1.54, 1.807) is 12.1 Å². The normalized spacial score (nSPS) is 11.1. The molecule has 124 valence electrons. The van der Waals surface area contributed by atoms with Crippen molar-refractivity contribution in [1.29, 1.82) is 0 Å². The van der Waals surface area contributed by atoms with Crippen LogP contribution in [0.3, 0.4) is 0 Å². The highest BCUT2D eigenvalue weighted by atomic mass is 16.1. The molecule has 0 heterocycles. The second-order valence-corrected chi connectivity index (χ2v) is 5.21. The van der Waals surface area contributed by atoms with Gasteiger partial charge in [-0.3, -0.25) is 9.59 Å². The first-order valence-electron chi connectivity index (χ1n) is 8.51. The summed E-state index contributed by atoms with van der Waals surface area (Å²) in [4.78, 5) is 23.4. The highest BCUT2D eigenvalue weighted by Crippen LogP contribution is 2.09. The van der Waals surface area contributed by atoms with Gasteiger partial charge in [0.05, 0.1) is 0 Å². The maximum Gasteiger partial charge on any atom is 0.251 e. The number of ketones is 1. The van der Waals surface area contributed by atoms with Crippen LogP contribution in [0, 0.1) is 5.92 Å². The molecule has 1 rings (SSSR count). The molecule has 3 nitrogen and oxygen atoms in total. The molecule has 0 bridgehead atoms. The molecule has 0 aliphatic heterocycles. The Morgan fingerprint density at radius 3 is 2.27 bits per heavy atom. The largest absolute Gasteiger partial charge is 0.352 e. The van der Waals surface area contributed by atoms with Crippen molar-refractivity contribution in [2.45, 2.75) is 59.8 Å². The predicted octanol–water partition coefficient (Wildman–Crippen LogP) is 4.62. The molecule has 0 spiro atoms. The maximum atomic E-state index is 11.7. The Morgan fingerprint density at radius 1 is 1.05 bits per heavy atom. The summed E-state index contributed by atoms with van der Waals surface area (Å²) < 4.78 is 0. The van der Waals surface area contributed by atoms with E-state index in [0.717, 1.165) is 25.7 Å². The first kappa shape index (κ1) is 20.4. The topological polar surface area (TPSA) is 46.2 Å². The molecular weight excluding hydrogens is 274 g/mol. The van der Waals surface area contributed by atoms with Crippen LogP contribution >= 0.6 is 0 Å². The quantitative estimate of drug-likeness (QED) is 0.677. The van der Waals surface area contributed by atoms with Crippen LogP contribution in [0.5, 0.6) is 0 Å². The van der Waals surface area contributed by atoms with Gasteiger partial charge < -0.3 is 5.32 Å². The average Bonchev–Trinajstić information content (AvgIpc) is 2.59. The van der Waals surface area contributed by atoms with Crippen molar-refractivity contribution < 1.29 is 9.59 Å². The molecule has 0 radical (unpaired) electrons. The van der Waals surface area contributed by atoms with Gasteiger partial charge in [-0.05, 0) is 31.4 Å². The SMILES string of the molecule is CC.CCC(C)C(=O)CCCCCNC(=O)c1ccccc1. The van der Waals surface area contributed by atoms with E-state index in [-0.39, 0.29) is 11.8 Å². The zero-order valence-electron chi connectivity index (χ0n) is 14.5. The molecule has 0 saturated carbocycles. The van der Waals surface area contributed by atoms with Gasteiger partial charge in [0, 0.05) is 24.4 Å². The molecule has 22 heavy (non-hydrogen) atoms. The van der Waals surface area contributed by atoms with Gasteiger partial charge in [-0.1, -0.05) is 52.3 Å². The third-order valence-electron chi connectivity index (χ3n) is 3.58. The molecule has 1 aromatic carbocycles. The Kier molecular flexibility index (Phi) is 12.1. The number of carbonyl (C=O) groups excluding carboxylic acids is 2. The molecule has 0 saturated heterocycles. The smallest absolute Gasteiger partial charge is 0.251 e. The summed E-state index contributed by atoms with van der Waals surface area (Å²) in [6, 6.07) is 9.22. The molecule has 3 heteroatoms. The monoisotopic (exact) mass is 305 g/mol. The molecule has 1 N–H and O–H groups in total. The minimum absolute atomic E-state index is 0.0266. The molecule has 0 aromatic heterocycles. The van der Waals surface area contributed by atoms with Gasteiger partial charge in [0.1, 0.15) is 5.78 Å². The minimum atomic E-state index is -0.0266. The van der Waals surface area contributed by atoms with Gasteiger partial charge in [-0.2, -0.15) is 0 Å².